The van der Waals surface area contributed by atoms with E-state index in [9.17, 15) is 10.1 Å². The van der Waals surface area contributed by atoms with Crippen molar-refractivity contribution in [3.05, 3.63) is 35.0 Å². The zero-order chi connectivity index (χ0) is 21.5. The average molecular weight is 476 g/mol. The summed E-state index contributed by atoms with van der Waals surface area (Å²) in [4.78, 5) is 12.8. The minimum Gasteiger partial charge on any atom is -0.497 e. The van der Waals surface area contributed by atoms with Gasteiger partial charge in [-0.15, -0.1) is 0 Å². The SMILES string of the molecule is COc1cc(CC(=O)Cc2nn([C@H]3CCNC3)c(NCCBr)c2C#N)cc(OC)c1. The molecule has 1 aromatic carbocycles. The molecule has 9 heteroatoms. The molecule has 1 aliphatic heterocycles. The van der Waals surface area contributed by atoms with Gasteiger partial charge >= 0.3 is 0 Å². The summed E-state index contributed by atoms with van der Waals surface area (Å²) in [7, 11) is 3.15. The van der Waals surface area contributed by atoms with Crippen LogP contribution in [0.1, 0.15) is 29.3 Å². The van der Waals surface area contributed by atoms with Gasteiger partial charge in [-0.1, -0.05) is 15.9 Å². The maximum Gasteiger partial charge on any atom is 0.143 e. The molecule has 0 unspecified atom stereocenters. The Labute approximate surface area is 184 Å². The van der Waals surface area contributed by atoms with Crippen LogP contribution in [0, 0.1) is 11.3 Å². The fraction of sp³-hybridized carbons (Fsp3) is 0.476. The van der Waals surface area contributed by atoms with Gasteiger partial charge in [-0.05, 0) is 30.7 Å². The first-order chi connectivity index (χ1) is 14.6. The number of carbonyl (C=O) groups is 1. The molecule has 2 N–H and O–H groups in total. The van der Waals surface area contributed by atoms with E-state index in [1.807, 2.05) is 16.8 Å². The molecule has 0 saturated carbocycles. The number of hydrogen-bond acceptors (Lipinski definition) is 7. The number of hydrogen-bond donors (Lipinski definition) is 2. The Balaban J connectivity index is 1.83. The Morgan fingerprint density at radius 1 is 1.33 bits per heavy atom. The molecule has 1 saturated heterocycles. The van der Waals surface area contributed by atoms with E-state index < -0.39 is 0 Å². The molecule has 1 aromatic heterocycles. The van der Waals surface area contributed by atoms with E-state index in [0.717, 1.165) is 30.4 Å². The number of methoxy groups -OCH3 is 2. The molecule has 8 nitrogen and oxygen atoms in total. The van der Waals surface area contributed by atoms with E-state index in [-0.39, 0.29) is 24.7 Å². The summed E-state index contributed by atoms with van der Waals surface area (Å²) in [6.45, 7) is 2.38. The number of benzene rings is 1. The molecule has 1 fully saturated rings. The molecular formula is C21H26BrN5O3. The van der Waals surface area contributed by atoms with E-state index in [2.05, 4.69) is 37.7 Å². The largest absolute Gasteiger partial charge is 0.497 e. The second-order valence-electron chi connectivity index (χ2n) is 7.10. The number of aromatic nitrogens is 2. The van der Waals surface area contributed by atoms with Gasteiger partial charge in [-0.25, -0.2) is 4.68 Å². The highest BCUT2D eigenvalue weighted by atomic mass is 79.9. The van der Waals surface area contributed by atoms with Crippen molar-refractivity contribution >= 4 is 27.5 Å². The van der Waals surface area contributed by atoms with Crippen LogP contribution in [0.15, 0.2) is 18.2 Å². The van der Waals surface area contributed by atoms with Crippen molar-refractivity contribution in [3.63, 3.8) is 0 Å². The summed E-state index contributed by atoms with van der Waals surface area (Å²) >= 11 is 3.41. The lowest BCUT2D eigenvalue weighted by atomic mass is 10.0. The first-order valence-corrected chi connectivity index (χ1v) is 11.0. The van der Waals surface area contributed by atoms with Gasteiger partial charge in [0.25, 0.3) is 0 Å². The summed E-state index contributed by atoms with van der Waals surface area (Å²) in [5.74, 6) is 1.93. The van der Waals surface area contributed by atoms with Crippen molar-refractivity contribution in [2.45, 2.75) is 25.3 Å². The lowest BCUT2D eigenvalue weighted by Gasteiger charge is -2.14. The lowest BCUT2D eigenvalue weighted by molar-refractivity contribution is -0.117. The number of ketones is 1. The maximum atomic E-state index is 12.8. The smallest absolute Gasteiger partial charge is 0.143 e. The van der Waals surface area contributed by atoms with Gasteiger partial charge in [0.05, 0.1) is 32.4 Å². The fourth-order valence-corrected chi connectivity index (χ4v) is 3.81. The predicted molar refractivity (Wildman–Crippen MR) is 118 cm³/mol. The highest BCUT2D eigenvalue weighted by molar-refractivity contribution is 9.09. The average Bonchev–Trinajstić information content (AvgIpc) is 3.39. The molecule has 2 heterocycles. The van der Waals surface area contributed by atoms with Crippen molar-refractivity contribution in [2.75, 3.05) is 44.5 Å². The minimum absolute atomic E-state index is 0.0250. The second kappa shape index (κ2) is 10.5. The number of rotatable bonds is 10. The summed E-state index contributed by atoms with van der Waals surface area (Å²) < 4.78 is 12.4. The molecule has 2 aromatic rings. The monoisotopic (exact) mass is 475 g/mol. The summed E-state index contributed by atoms with van der Waals surface area (Å²) in [5.41, 5.74) is 1.76. The lowest BCUT2D eigenvalue weighted by Crippen LogP contribution is -2.18. The van der Waals surface area contributed by atoms with Crippen LogP contribution in [-0.4, -0.2) is 54.7 Å². The summed E-state index contributed by atoms with van der Waals surface area (Å²) in [6, 6.07) is 7.82. The van der Waals surface area contributed by atoms with Crippen LogP contribution in [0.4, 0.5) is 5.82 Å². The second-order valence-corrected chi connectivity index (χ2v) is 7.90. The molecule has 1 atom stereocenters. The van der Waals surface area contributed by atoms with Crippen LogP contribution < -0.4 is 20.1 Å². The van der Waals surface area contributed by atoms with E-state index >= 15 is 0 Å². The Bertz CT molecular complexity index is 909. The van der Waals surface area contributed by atoms with Gasteiger partial charge in [0.15, 0.2) is 0 Å². The van der Waals surface area contributed by atoms with Crippen LogP contribution in [0.2, 0.25) is 0 Å². The molecule has 0 radical (unpaired) electrons. The van der Waals surface area contributed by atoms with E-state index in [4.69, 9.17) is 9.47 Å². The Morgan fingerprint density at radius 3 is 2.63 bits per heavy atom. The van der Waals surface area contributed by atoms with Crippen molar-refractivity contribution in [3.8, 4) is 17.6 Å². The van der Waals surface area contributed by atoms with Gasteiger partial charge in [0.1, 0.15) is 34.7 Å². The van der Waals surface area contributed by atoms with E-state index in [0.29, 0.717) is 35.1 Å². The number of Topliss-reactive ketones (excluding diaryl/α,β-unsaturated/α-hetero) is 1. The van der Waals surface area contributed by atoms with Crippen molar-refractivity contribution in [2.24, 2.45) is 0 Å². The highest BCUT2D eigenvalue weighted by Crippen LogP contribution is 2.27. The van der Waals surface area contributed by atoms with E-state index in [1.165, 1.54) is 0 Å². The van der Waals surface area contributed by atoms with Crippen LogP contribution in [0.5, 0.6) is 11.5 Å². The molecule has 3 rings (SSSR count). The van der Waals surface area contributed by atoms with Crippen LogP contribution >= 0.6 is 15.9 Å². The third kappa shape index (κ3) is 5.12. The summed E-state index contributed by atoms with van der Waals surface area (Å²) in [5, 5.41) is 21.8. The zero-order valence-corrected chi connectivity index (χ0v) is 18.8. The molecule has 0 spiro atoms. The number of nitrogens with one attached hydrogen (secondary N) is 2. The molecular weight excluding hydrogens is 450 g/mol. The normalized spacial score (nSPS) is 15.6. The molecule has 1 aliphatic rings. The first kappa shape index (κ1) is 22.1. The van der Waals surface area contributed by atoms with Gasteiger partial charge in [-0.2, -0.15) is 10.4 Å². The molecule has 30 heavy (non-hydrogen) atoms. The van der Waals surface area contributed by atoms with Gasteiger partial charge in [0.2, 0.25) is 0 Å². The molecule has 0 amide bonds. The number of ether oxygens (including phenoxy) is 2. The van der Waals surface area contributed by atoms with Gasteiger partial charge in [-0.3, -0.25) is 4.79 Å². The molecule has 0 bridgehead atoms. The van der Waals surface area contributed by atoms with Crippen LogP contribution in [0.3, 0.4) is 0 Å². The highest BCUT2D eigenvalue weighted by Gasteiger charge is 2.26. The Kier molecular flexibility index (Phi) is 7.71. The number of nitriles is 1. The standard InChI is InChI=1S/C21H26BrN5O3/c1-29-17-8-14(9-18(11-17)30-2)7-16(28)10-20-19(12-23)21(25-6-4-22)27(26-20)15-3-5-24-13-15/h8-9,11,15,24-25H,3-7,10,13H2,1-2H3/t15-/m0/s1. The topological polar surface area (TPSA) is 101 Å². The quantitative estimate of drug-likeness (QED) is 0.508. The zero-order valence-electron chi connectivity index (χ0n) is 17.2. The van der Waals surface area contributed by atoms with E-state index in [1.54, 1.807) is 20.3 Å². The van der Waals surface area contributed by atoms with Crippen molar-refractivity contribution < 1.29 is 14.3 Å². The molecule has 160 valence electrons. The van der Waals surface area contributed by atoms with Crippen LogP contribution in [0.25, 0.3) is 0 Å². The minimum atomic E-state index is -0.0250. The number of alkyl halides is 1. The Hall–Kier alpha value is -2.57. The number of carbonyl (C=O) groups excluding carboxylic acids is 1. The summed E-state index contributed by atoms with van der Waals surface area (Å²) in [6.07, 6.45) is 1.24. The van der Waals surface area contributed by atoms with Gasteiger partial charge in [0, 0.05) is 30.9 Å². The number of halogens is 1. The van der Waals surface area contributed by atoms with Crippen LogP contribution in [-0.2, 0) is 17.6 Å². The molecule has 0 aliphatic carbocycles. The predicted octanol–water partition coefficient (Wildman–Crippen LogP) is 2.47. The third-order valence-electron chi connectivity index (χ3n) is 5.04. The van der Waals surface area contributed by atoms with Crippen molar-refractivity contribution in [1.29, 1.82) is 5.26 Å². The fourth-order valence-electron chi connectivity index (χ4n) is 3.62. The number of anilines is 1. The third-order valence-corrected chi connectivity index (χ3v) is 5.44. The first-order valence-electron chi connectivity index (χ1n) is 9.85. The van der Waals surface area contributed by atoms with Gasteiger partial charge < -0.3 is 20.1 Å². The van der Waals surface area contributed by atoms with Crippen molar-refractivity contribution in [1.82, 2.24) is 15.1 Å². The Morgan fingerprint density at radius 2 is 2.07 bits per heavy atom. The maximum absolute atomic E-state index is 12.8. The number of nitrogens with zero attached hydrogens (tertiary/aromatic N) is 3.